The van der Waals surface area contributed by atoms with Crippen molar-refractivity contribution in [3.63, 3.8) is 0 Å². The Morgan fingerprint density at radius 1 is 0.808 bits per heavy atom. The Kier molecular flexibility index (Phi) is 6.91. The summed E-state index contributed by atoms with van der Waals surface area (Å²) >= 11 is 0. The predicted molar refractivity (Wildman–Crippen MR) is 96.6 cm³/mol. The summed E-state index contributed by atoms with van der Waals surface area (Å²) in [6.07, 6.45) is -0.310. The minimum absolute atomic E-state index is 0.168. The lowest BCUT2D eigenvalue weighted by Gasteiger charge is -2.17. The van der Waals surface area contributed by atoms with E-state index in [1.807, 2.05) is 54.6 Å². The number of hydrogen-bond donors (Lipinski definition) is 3. The number of hydrogen-bond acceptors (Lipinski definition) is 3. The molecule has 26 heavy (non-hydrogen) atoms. The summed E-state index contributed by atoms with van der Waals surface area (Å²) in [5.41, 5.74) is 3.03. The molecular formula is C20H21NO5. The van der Waals surface area contributed by atoms with Gasteiger partial charge in [-0.15, -0.1) is 0 Å². The molecule has 0 radical (unpaired) electrons. The van der Waals surface area contributed by atoms with Crippen LogP contribution in [0.1, 0.15) is 24.8 Å². The third-order valence-corrected chi connectivity index (χ3v) is 3.90. The fraction of sp³-hybridized carbons (Fsp3) is 0.250. The predicted octanol–water partition coefficient (Wildman–Crippen LogP) is 2.72. The van der Waals surface area contributed by atoms with Crippen molar-refractivity contribution in [3.8, 4) is 11.1 Å². The molecule has 6 nitrogen and oxygen atoms in total. The van der Waals surface area contributed by atoms with Gasteiger partial charge in [0.2, 0.25) is 5.91 Å². The van der Waals surface area contributed by atoms with Gasteiger partial charge in [-0.25, -0.2) is 0 Å². The van der Waals surface area contributed by atoms with Crippen LogP contribution in [0.15, 0.2) is 54.6 Å². The number of nitrogens with one attached hydrogen (secondary N) is 1. The zero-order valence-electron chi connectivity index (χ0n) is 14.2. The van der Waals surface area contributed by atoms with E-state index in [0.717, 1.165) is 16.7 Å². The van der Waals surface area contributed by atoms with E-state index in [1.54, 1.807) is 0 Å². The van der Waals surface area contributed by atoms with Gasteiger partial charge in [0.05, 0.1) is 12.8 Å². The molecule has 0 saturated heterocycles. The van der Waals surface area contributed by atoms with Gasteiger partial charge < -0.3 is 15.5 Å². The lowest BCUT2D eigenvalue weighted by molar-refractivity contribution is -0.140. The first-order valence-corrected chi connectivity index (χ1v) is 8.31. The van der Waals surface area contributed by atoms with Crippen molar-refractivity contribution in [2.45, 2.75) is 31.7 Å². The van der Waals surface area contributed by atoms with Gasteiger partial charge in [0, 0.05) is 12.5 Å². The van der Waals surface area contributed by atoms with Crippen molar-refractivity contribution in [1.82, 2.24) is 5.32 Å². The second-order valence-corrected chi connectivity index (χ2v) is 6.02. The van der Waals surface area contributed by atoms with Crippen LogP contribution in [-0.4, -0.2) is 34.1 Å². The summed E-state index contributed by atoms with van der Waals surface area (Å²) in [5, 5.41) is 20.3. The number of carboxylic acid groups (broad SMARTS) is 2. The highest BCUT2D eigenvalue weighted by molar-refractivity contribution is 5.81. The van der Waals surface area contributed by atoms with E-state index in [2.05, 4.69) is 5.32 Å². The van der Waals surface area contributed by atoms with Crippen LogP contribution in [-0.2, 0) is 20.8 Å². The van der Waals surface area contributed by atoms with E-state index in [4.69, 9.17) is 10.2 Å². The van der Waals surface area contributed by atoms with Crippen LogP contribution < -0.4 is 5.32 Å². The molecule has 6 heteroatoms. The molecule has 0 spiro atoms. The normalized spacial score (nSPS) is 11.5. The van der Waals surface area contributed by atoms with E-state index in [9.17, 15) is 14.4 Å². The summed E-state index contributed by atoms with van der Waals surface area (Å²) in [5.74, 6) is -2.54. The van der Waals surface area contributed by atoms with Gasteiger partial charge in [0.1, 0.15) is 0 Å². The molecular weight excluding hydrogens is 334 g/mol. The van der Waals surface area contributed by atoms with Gasteiger partial charge in [-0.1, -0.05) is 54.6 Å². The SMILES string of the molecule is O=C(O)CCC(=O)NC(CC(=O)O)Cc1ccc(-c2ccccc2)cc1. The molecule has 136 valence electrons. The van der Waals surface area contributed by atoms with Crippen LogP contribution in [0.3, 0.4) is 0 Å². The molecule has 2 rings (SSSR count). The van der Waals surface area contributed by atoms with Gasteiger partial charge in [-0.3, -0.25) is 14.4 Å². The minimum Gasteiger partial charge on any atom is -0.481 e. The number of carbonyl (C=O) groups is 3. The van der Waals surface area contributed by atoms with Crippen molar-refractivity contribution in [1.29, 1.82) is 0 Å². The summed E-state index contributed by atoms with van der Waals surface area (Å²) in [7, 11) is 0. The van der Waals surface area contributed by atoms with E-state index < -0.39 is 23.9 Å². The second-order valence-electron chi connectivity index (χ2n) is 6.02. The summed E-state index contributed by atoms with van der Waals surface area (Å²) < 4.78 is 0. The van der Waals surface area contributed by atoms with Crippen LogP contribution >= 0.6 is 0 Å². The van der Waals surface area contributed by atoms with Gasteiger partial charge in [-0.2, -0.15) is 0 Å². The van der Waals surface area contributed by atoms with E-state index in [1.165, 1.54) is 0 Å². The number of carboxylic acids is 2. The third-order valence-electron chi connectivity index (χ3n) is 3.90. The lowest BCUT2D eigenvalue weighted by Crippen LogP contribution is -2.38. The zero-order chi connectivity index (χ0) is 18.9. The molecule has 0 heterocycles. The maximum Gasteiger partial charge on any atom is 0.305 e. The van der Waals surface area contributed by atoms with Crippen LogP contribution in [0.2, 0.25) is 0 Å². The highest BCUT2D eigenvalue weighted by atomic mass is 16.4. The number of amides is 1. The Labute approximate surface area is 151 Å². The van der Waals surface area contributed by atoms with E-state index in [-0.39, 0.29) is 19.3 Å². The topological polar surface area (TPSA) is 104 Å². The van der Waals surface area contributed by atoms with Gasteiger partial charge in [-0.05, 0) is 23.1 Å². The maximum absolute atomic E-state index is 11.8. The molecule has 0 aliphatic heterocycles. The molecule has 0 fully saturated rings. The first kappa shape index (κ1) is 19.2. The molecule has 2 aromatic rings. The summed E-state index contributed by atoms with van der Waals surface area (Å²) in [6.45, 7) is 0. The quantitative estimate of drug-likeness (QED) is 0.642. The Hall–Kier alpha value is -3.15. The first-order chi connectivity index (χ1) is 12.4. The fourth-order valence-electron chi connectivity index (χ4n) is 2.65. The highest BCUT2D eigenvalue weighted by Crippen LogP contribution is 2.20. The monoisotopic (exact) mass is 355 g/mol. The molecule has 1 atom stereocenters. The minimum atomic E-state index is -1.06. The fourth-order valence-corrected chi connectivity index (χ4v) is 2.65. The highest BCUT2D eigenvalue weighted by Gasteiger charge is 2.17. The molecule has 0 aliphatic rings. The zero-order valence-corrected chi connectivity index (χ0v) is 14.2. The van der Waals surface area contributed by atoms with Crippen molar-refractivity contribution < 1.29 is 24.6 Å². The molecule has 2 aromatic carbocycles. The van der Waals surface area contributed by atoms with Gasteiger partial charge in [0.25, 0.3) is 0 Å². The van der Waals surface area contributed by atoms with Crippen LogP contribution in [0, 0.1) is 0 Å². The maximum atomic E-state index is 11.8. The van der Waals surface area contributed by atoms with E-state index in [0.29, 0.717) is 6.42 Å². The van der Waals surface area contributed by atoms with Crippen molar-refractivity contribution in [2.75, 3.05) is 0 Å². The standard InChI is InChI=1S/C20H21NO5/c22-18(10-11-19(23)24)21-17(13-20(25)26)12-14-6-8-16(9-7-14)15-4-2-1-3-5-15/h1-9,17H,10-13H2,(H,21,22)(H,23,24)(H,25,26). The molecule has 0 bridgehead atoms. The Balaban J connectivity index is 2.01. The molecule has 0 aliphatic carbocycles. The second kappa shape index (κ2) is 9.36. The van der Waals surface area contributed by atoms with Crippen LogP contribution in [0.5, 0.6) is 0 Å². The average molecular weight is 355 g/mol. The number of carbonyl (C=O) groups excluding carboxylic acids is 1. The Bertz CT molecular complexity index is 756. The first-order valence-electron chi connectivity index (χ1n) is 8.31. The number of aliphatic carboxylic acids is 2. The molecule has 0 saturated carbocycles. The Morgan fingerprint density at radius 2 is 1.42 bits per heavy atom. The molecule has 1 unspecified atom stereocenters. The van der Waals surface area contributed by atoms with Crippen LogP contribution in [0.25, 0.3) is 11.1 Å². The van der Waals surface area contributed by atoms with Crippen molar-refractivity contribution in [2.24, 2.45) is 0 Å². The number of rotatable bonds is 9. The number of benzene rings is 2. The third kappa shape index (κ3) is 6.39. The molecule has 3 N–H and O–H groups in total. The van der Waals surface area contributed by atoms with E-state index >= 15 is 0 Å². The lowest BCUT2D eigenvalue weighted by atomic mass is 9.99. The molecule has 0 aromatic heterocycles. The van der Waals surface area contributed by atoms with Crippen molar-refractivity contribution in [3.05, 3.63) is 60.2 Å². The van der Waals surface area contributed by atoms with Crippen molar-refractivity contribution >= 4 is 17.8 Å². The average Bonchev–Trinajstić information content (AvgIpc) is 2.61. The summed E-state index contributed by atoms with van der Waals surface area (Å²) in [4.78, 5) is 33.4. The largest absolute Gasteiger partial charge is 0.481 e. The summed E-state index contributed by atoms with van der Waals surface area (Å²) in [6, 6.07) is 17.0. The van der Waals surface area contributed by atoms with Gasteiger partial charge >= 0.3 is 11.9 Å². The van der Waals surface area contributed by atoms with Crippen LogP contribution in [0.4, 0.5) is 0 Å². The van der Waals surface area contributed by atoms with Gasteiger partial charge in [0.15, 0.2) is 0 Å². The smallest absolute Gasteiger partial charge is 0.305 e. The Morgan fingerprint density at radius 3 is 2.00 bits per heavy atom. The molecule has 1 amide bonds.